The van der Waals surface area contributed by atoms with Crippen molar-refractivity contribution in [1.82, 2.24) is 9.62 Å². The van der Waals surface area contributed by atoms with Gasteiger partial charge >= 0.3 is 16.3 Å². The Bertz CT molecular complexity index is 763. The number of hydrogen-bond acceptors (Lipinski definition) is 7. The highest BCUT2D eigenvalue weighted by molar-refractivity contribution is 7.84. The summed E-state index contributed by atoms with van der Waals surface area (Å²) < 4.78 is 35.5. The number of methoxy groups -OCH3 is 1. The van der Waals surface area contributed by atoms with E-state index in [0.29, 0.717) is 0 Å². The number of β-lactam (4-membered cyclic amide) rings is 1. The fourth-order valence-electron chi connectivity index (χ4n) is 2.23. The number of ether oxygens (including phenoxy) is 1. The number of hydrogen-bond donors (Lipinski definition) is 3. The zero-order chi connectivity index (χ0) is 18.1. The smallest absolute Gasteiger partial charge is 0.363 e. The summed E-state index contributed by atoms with van der Waals surface area (Å²) >= 11 is 0. The van der Waals surface area contributed by atoms with Gasteiger partial charge in [-0.3, -0.25) is 14.1 Å². The summed E-state index contributed by atoms with van der Waals surface area (Å²) in [5.74, 6) is -3.38. The molecule has 3 unspecified atom stereocenters. The molecule has 1 aromatic rings. The molecule has 10 nitrogen and oxygen atoms in total. The molecule has 0 radical (unpaired) electrons. The van der Waals surface area contributed by atoms with Crippen molar-refractivity contribution in [1.29, 1.82) is 0 Å². The number of nitrogens with zero attached hydrogens (tertiary/aromatic N) is 1. The quantitative estimate of drug-likeness (QED) is 0.323. The van der Waals surface area contributed by atoms with Crippen LogP contribution in [0, 0.1) is 0 Å². The van der Waals surface area contributed by atoms with Crippen LogP contribution in [0.15, 0.2) is 30.3 Å². The maximum Gasteiger partial charge on any atom is 0.363 e. The maximum absolute atomic E-state index is 12.0. The van der Waals surface area contributed by atoms with Crippen molar-refractivity contribution in [2.75, 3.05) is 7.11 Å². The number of rotatable bonds is 5. The summed E-state index contributed by atoms with van der Waals surface area (Å²) in [4.78, 5) is 35.4. The number of aliphatic hydroxyl groups excluding tert-OH is 1. The van der Waals surface area contributed by atoms with E-state index in [1.807, 2.05) is 0 Å². The molecule has 0 saturated carbocycles. The standard InChI is InChI=1S/C13H14N2O8S/c1-23-13(19)9-8(12(18)15(9)24(20,21)22)14-11(17)10(16)7-5-3-2-4-6-7/h2-6,8-10,16H,1H3,(H,14,17)(H,20,21,22). The summed E-state index contributed by atoms with van der Waals surface area (Å²) in [6, 6.07) is 4.44. The molecule has 1 aliphatic heterocycles. The second kappa shape index (κ2) is 6.55. The number of esters is 1. The lowest BCUT2D eigenvalue weighted by Gasteiger charge is -2.42. The fourth-order valence-corrected chi connectivity index (χ4v) is 3.07. The molecule has 0 aliphatic carbocycles. The maximum atomic E-state index is 12.0. The van der Waals surface area contributed by atoms with Crippen LogP contribution in [0.2, 0.25) is 0 Å². The third-order valence-corrected chi connectivity index (χ3v) is 4.31. The first-order valence-electron chi connectivity index (χ1n) is 6.60. The van der Waals surface area contributed by atoms with Crippen LogP contribution in [0.25, 0.3) is 0 Å². The number of carbonyl (C=O) groups excluding carboxylic acids is 3. The van der Waals surface area contributed by atoms with Crippen LogP contribution in [-0.4, -0.2) is 59.4 Å². The minimum absolute atomic E-state index is 0.0985. The van der Waals surface area contributed by atoms with E-state index in [1.165, 1.54) is 12.1 Å². The normalized spacial score (nSPS) is 21.6. The van der Waals surface area contributed by atoms with Gasteiger partial charge in [0, 0.05) is 0 Å². The molecule has 2 rings (SSSR count). The number of nitrogens with one attached hydrogen (secondary N) is 1. The van der Waals surface area contributed by atoms with E-state index >= 15 is 0 Å². The van der Waals surface area contributed by atoms with Gasteiger partial charge in [0.1, 0.15) is 6.04 Å². The summed E-state index contributed by atoms with van der Waals surface area (Å²) in [6.07, 6.45) is -1.63. The van der Waals surface area contributed by atoms with E-state index in [0.717, 1.165) is 7.11 Å². The van der Waals surface area contributed by atoms with E-state index in [1.54, 1.807) is 18.2 Å². The Labute approximate surface area is 136 Å². The van der Waals surface area contributed by atoms with E-state index in [-0.39, 0.29) is 9.87 Å². The van der Waals surface area contributed by atoms with Gasteiger partial charge < -0.3 is 15.2 Å². The first-order valence-corrected chi connectivity index (χ1v) is 8.00. The lowest BCUT2D eigenvalue weighted by atomic mass is 9.98. The number of aliphatic hydroxyl groups is 1. The van der Waals surface area contributed by atoms with Crippen molar-refractivity contribution < 1.29 is 37.2 Å². The van der Waals surface area contributed by atoms with Gasteiger partial charge in [0.15, 0.2) is 12.1 Å². The third kappa shape index (κ3) is 3.22. The molecule has 3 N–H and O–H groups in total. The molecule has 0 aromatic heterocycles. The van der Waals surface area contributed by atoms with Crippen LogP contribution >= 0.6 is 0 Å². The average Bonchev–Trinajstić information content (AvgIpc) is 2.55. The zero-order valence-electron chi connectivity index (χ0n) is 12.3. The molecule has 1 saturated heterocycles. The molecule has 0 spiro atoms. The first kappa shape index (κ1) is 17.8. The van der Waals surface area contributed by atoms with Gasteiger partial charge in [-0.2, -0.15) is 12.7 Å². The molecule has 130 valence electrons. The molecule has 1 aliphatic rings. The van der Waals surface area contributed by atoms with Crippen LogP contribution in [-0.2, 0) is 29.4 Å². The van der Waals surface area contributed by atoms with Gasteiger partial charge in [0.2, 0.25) is 0 Å². The van der Waals surface area contributed by atoms with Crippen molar-refractivity contribution in [3.63, 3.8) is 0 Å². The predicted molar refractivity (Wildman–Crippen MR) is 77.5 cm³/mol. The molecule has 2 amide bonds. The van der Waals surface area contributed by atoms with Gasteiger partial charge in [-0.25, -0.2) is 4.79 Å². The SMILES string of the molecule is COC(=O)C1C(NC(=O)C(O)c2ccccc2)C(=O)N1S(=O)(=O)O. The van der Waals surface area contributed by atoms with Crippen molar-refractivity contribution in [2.45, 2.75) is 18.2 Å². The highest BCUT2D eigenvalue weighted by atomic mass is 32.2. The third-order valence-electron chi connectivity index (χ3n) is 3.40. The summed E-state index contributed by atoms with van der Waals surface area (Å²) in [7, 11) is -4.04. The molecule has 0 bridgehead atoms. The summed E-state index contributed by atoms with van der Waals surface area (Å²) in [5.41, 5.74) is 0.239. The number of amides is 2. The molecule has 1 aromatic carbocycles. The molecular weight excluding hydrogens is 344 g/mol. The monoisotopic (exact) mass is 358 g/mol. The van der Waals surface area contributed by atoms with Gasteiger partial charge in [-0.15, -0.1) is 0 Å². The lowest BCUT2D eigenvalue weighted by molar-refractivity contribution is -0.163. The van der Waals surface area contributed by atoms with Crippen LogP contribution < -0.4 is 5.32 Å². The van der Waals surface area contributed by atoms with Gasteiger partial charge in [-0.05, 0) is 5.56 Å². The minimum atomic E-state index is -4.99. The molecule has 11 heteroatoms. The van der Waals surface area contributed by atoms with Crippen LogP contribution in [0.1, 0.15) is 11.7 Å². The topological polar surface area (TPSA) is 150 Å². The Balaban J connectivity index is 2.17. The van der Waals surface area contributed by atoms with E-state index in [9.17, 15) is 27.9 Å². The second-order valence-corrected chi connectivity index (χ2v) is 6.17. The fraction of sp³-hybridized carbons (Fsp3) is 0.308. The van der Waals surface area contributed by atoms with Crippen LogP contribution in [0.4, 0.5) is 0 Å². The Hall–Kier alpha value is -2.50. The molecular formula is C13H14N2O8S. The second-order valence-electron chi connectivity index (χ2n) is 4.88. The average molecular weight is 358 g/mol. The van der Waals surface area contributed by atoms with Crippen molar-refractivity contribution in [3.05, 3.63) is 35.9 Å². The predicted octanol–water partition coefficient (Wildman–Crippen LogP) is -1.61. The van der Waals surface area contributed by atoms with Gasteiger partial charge in [0.25, 0.3) is 11.8 Å². The van der Waals surface area contributed by atoms with Crippen LogP contribution in [0.5, 0.6) is 0 Å². The lowest BCUT2D eigenvalue weighted by Crippen LogP contribution is -2.74. The summed E-state index contributed by atoms with van der Waals surface area (Å²) in [5, 5.41) is 12.0. The van der Waals surface area contributed by atoms with E-state index in [4.69, 9.17) is 4.55 Å². The Morgan fingerprint density at radius 3 is 2.38 bits per heavy atom. The Morgan fingerprint density at radius 1 is 1.29 bits per heavy atom. The Morgan fingerprint density at radius 2 is 1.88 bits per heavy atom. The van der Waals surface area contributed by atoms with E-state index < -0.39 is 46.3 Å². The first-order chi connectivity index (χ1) is 11.2. The highest BCUT2D eigenvalue weighted by Crippen LogP contribution is 2.25. The number of benzene rings is 1. The van der Waals surface area contributed by atoms with Gasteiger partial charge in [0.05, 0.1) is 7.11 Å². The largest absolute Gasteiger partial charge is 0.467 e. The highest BCUT2D eigenvalue weighted by Gasteiger charge is 2.58. The van der Waals surface area contributed by atoms with Crippen LogP contribution in [0.3, 0.4) is 0 Å². The molecule has 3 atom stereocenters. The minimum Gasteiger partial charge on any atom is -0.467 e. The van der Waals surface area contributed by atoms with Gasteiger partial charge in [-0.1, -0.05) is 30.3 Å². The zero-order valence-corrected chi connectivity index (χ0v) is 13.1. The molecule has 24 heavy (non-hydrogen) atoms. The van der Waals surface area contributed by atoms with Crippen molar-refractivity contribution in [3.8, 4) is 0 Å². The Kier molecular flexibility index (Phi) is 4.87. The number of carbonyl (C=O) groups is 3. The van der Waals surface area contributed by atoms with Crippen molar-refractivity contribution >= 4 is 28.1 Å². The van der Waals surface area contributed by atoms with E-state index in [2.05, 4.69) is 10.1 Å². The summed E-state index contributed by atoms with van der Waals surface area (Å²) in [6.45, 7) is 0. The molecule has 1 fully saturated rings. The van der Waals surface area contributed by atoms with Crippen molar-refractivity contribution in [2.24, 2.45) is 0 Å². The molecule has 1 heterocycles.